The van der Waals surface area contributed by atoms with Crippen molar-refractivity contribution in [2.24, 2.45) is 41.4 Å². The van der Waals surface area contributed by atoms with Crippen LogP contribution in [0, 0.1) is 41.4 Å². The Morgan fingerprint density at radius 1 is 0.897 bits per heavy atom. The molecule has 2 rings (SSSR count). The van der Waals surface area contributed by atoms with Crippen LogP contribution >= 0.6 is 0 Å². The lowest BCUT2D eigenvalue weighted by molar-refractivity contribution is -0.425. The maximum atomic E-state index is 13.7. The van der Waals surface area contributed by atoms with Crippen LogP contribution in [0.25, 0.3) is 0 Å². The number of fused-ring (bicyclic) bond motifs is 2. The number of hydrogen-bond acceptors (Lipinski definition) is 3. The van der Waals surface area contributed by atoms with Gasteiger partial charge >= 0.3 is 18.3 Å². The summed E-state index contributed by atoms with van der Waals surface area (Å²) in [4.78, 5) is 12.9. The van der Waals surface area contributed by atoms with E-state index >= 15 is 0 Å². The Morgan fingerprint density at radius 2 is 1.34 bits per heavy atom. The Bertz CT molecular complexity index is 601. The van der Waals surface area contributed by atoms with Gasteiger partial charge in [-0.25, -0.2) is 0 Å². The predicted octanol–water partition coefficient (Wildman–Crippen LogP) is 5.36. The molecule has 9 heteroatoms. The number of carbonyl (C=O) groups is 1. The van der Waals surface area contributed by atoms with Gasteiger partial charge in [0, 0.05) is 0 Å². The van der Waals surface area contributed by atoms with Crippen LogP contribution in [0.4, 0.5) is 26.3 Å². The monoisotopic (exact) mass is 432 g/mol. The van der Waals surface area contributed by atoms with Crippen molar-refractivity contribution in [3.63, 3.8) is 0 Å². The van der Waals surface area contributed by atoms with Gasteiger partial charge in [-0.05, 0) is 48.3 Å². The molecule has 0 aromatic carbocycles. The Kier molecular flexibility index (Phi) is 6.12. The van der Waals surface area contributed by atoms with Crippen molar-refractivity contribution < 1.29 is 41.0 Å². The Balaban J connectivity index is 2.53. The lowest BCUT2D eigenvalue weighted by Crippen LogP contribution is -2.75. The zero-order chi connectivity index (χ0) is 22.7. The summed E-state index contributed by atoms with van der Waals surface area (Å²) in [6, 6.07) is 0. The summed E-state index contributed by atoms with van der Waals surface area (Å²) < 4.78 is 87.6. The highest BCUT2D eigenvalue weighted by molar-refractivity contribution is 5.74. The molecule has 0 aliphatic heterocycles. The fourth-order valence-corrected chi connectivity index (χ4v) is 5.87. The number of esters is 1. The third-order valence-corrected chi connectivity index (χ3v) is 7.57. The van der Waals surface area contributed by atoms with Gasteiger partial charge < -0.3 is 9.84 Å². The van der Waals surface area contributed by atoms with Crippen LogP contribution in [0.5, 0.6) is 0 Å². The number of hydrogen-bond donors (Lipinski definition) is 1. The van der Waals surface area contributed by atoms with Gasteiger partial charge in [0.05, 0.1) is 5.92 Å². The molecule has 2 aliphatic carbocycles. The second-order valence-electron chi connectivity index (χ2n) is 9.45. The zero-order valence-electron chi connectivity index (χ0n) is 17.5. The van der Waals surface area contributed by atoms with Gasteiger partial charge in [-0.2, -0.15) is 26.3 Å². The molecular formula is C20H30F6O3. The van der Waals surface area contributed by atoms with Crippen LogP contribution in [0.2, 0.25) is 0 Å². The summed E-state index contributed by atoms with van der Waals surface area (Å²) in [5.74, 6) is -4.20. The summed E-state index contributed by atoms with van der Waals surface area (Å²) in [6.07, 6.45) is -11.1. The SMILES string of the molecule is CC1C2CC(C(=O)OC(C(C)C)(C(C)C)C(O)(C(F)(F)F)C(F)(F)F)C(C2)C1C. The molecule has 5 atom stereocenters. The first-order valence-corrected chi connectivity index (χ1v) is 10.0. The van der Waals surface area contributed by atoms with Gasteiger partial charge in [-0.3, -0.25) is 4.79 Å². The van der Waals surface area contributed by atoms with Crippen molar-refractivity contribution in [3.8, 4) is 0 Å². The van der Waals surface area contributed by atoms with Crippen molar-refractivity contribution in [1.82, 2.24) is 0 Å². The van der Waals surface area contributed by atoms with Crippen molar-refractivity contribution in [1.29, 1.82) is 0 Å². The summed E-state index contributed by atoms with van der Waals surface area (Å²) in [7, 11) is 0. The average molecular weight is 432 g/mol. The van der Waals surface area contributed by atoms with Crippen LogP contribution < -0.4 is 0 Å². The van der Waals surface area contributed by atoms with E-state index in [1.54, 1.807) is 0 Å². The van der Waals surface area contributed by atoms with Gasteiger partial charge in [0.1, 0.15) is 0 Å². The Labute approximate surface area is 167 Å². The highest BCUT2D eigenvalue weighted by atomic mass is 19.4. The van der Waals surface area contributed by atoms with E-state index in [-0.39, 0.29) is 17.8 Å². The van der Waals surface area contributed by atoms with E-state index in [1.807, 2.05) is 13.8 Å². The minimum Gasteiger partial charge on any atom is -0.454 e. The predicted molar refractivity (Wildman–Crippen MR) is 93.6 cm³/mol. The molecule has 0 radical (unpaired) electrons. The fraction of sp³-hybridized carbons (Fsp3) is 0.950. The Hall–Kier alpha value is -0.990. The van der Waals surface area contributed by atoms with Crippen molar-refractivity contribution in [2.75, 3.05) is 0 Å². The summed E-state index contributed by atoms with van der Waals surface area (Å²) in [5, 5.41) is 10.2. The third kappa shape index (κ3) is 3.35. The molecule has 0 heterocycles. The second kappa shape index (κ2) is 7.31. The summed E-state index contributed by atoms with van der Waals surface area (Å²) in [6.45, 7) is 8.37. The molecule has 2 bridgehead atoms. The highest BCUT2D eigenvalue weighted by Crippen LogP contribution is 2.59. The molecule has 0 spiro atoms. The largest absolute Gasteiger partial charge is 0.454 e. The normalized spacial score (nSPS) is 31.1. The number of aliphatic hydroxyl groups is 1. The van der Waals surface area contributed by atoms with Crippen molar-refractivity contribution in [2.45, 2.75) is 77.9 Å². The van der Waals surface area contributed by atoms with Gasteiger partial charge in [-0.15, -0.1) is 0 Å². The second-order valence-corrected chi connectivity index (χ2v) is 9.45. The van der Waals surface area contributed by atoms with Gasteiger partial charge in [0.15, 0.2) is 5.60 Å². The van der Waals surface area contributed by atoms with Crippen molar-refractivity contribution in [3.05, 3.63) is 0 Å². The van der Waals surface area contributed by atoms with E-state index in [2.05, 4.69) is 0 Å². The zero-order valence-corrected chi connectivity index (χ0v) is 17.5. The van der Waals surface area contributed by atoms with Crippen LogP contribution in [-0.4, -0.2) is 34.6 Å². The lowest BCUT2D eigenvalue weighted by Gasteiger charge is -2.52. The van der Waals surface area contributed by atoms with Crippen LogP contribution in [0.3, 0.4) is 0 Å². The van der Waals surface area contributed by atoms with Gasteiger partial charge in [0.2, 0.25) is 0 Å². The molecule has 2 aliphatic rings. The average Bonchev–Trinajstić information content (AvgIpc) is 3.09. The smallest absolute Gasteiger partial charge is 0.430 e. The van der Waals surface area contributed by atoms with E-state index in [0.717, 1.165) is 27.7 Å². The van der Waals surface area contributed by atoms with Crippen molar-refractivity contribution >= 4 is 5.97 Å². The van der Waals surface area contributed by atoms with Crippen LogP contribution in [-0.2, 0) is 9.53 Å². The topological polar surface area (TPSA) is 46.5 Å². The first-order chi connectivity index (χ1) is 12.9. The van der Waals surface area contributed by atoms with Gasteiger partial charge in [-0.1, -0.05) is 41.5 Å². The summed E-state index contributed by atoms with van der Waals surface area (Å²) >= 11 is 0. The third-order valence-electron chi connectivity index (χ3n) is 7.57. The molecule has 0 aromatic heterocycles. The minimum absolute atomic E-state index is 0.128. The highest BCUT2D eigenvalue weighted by Gasteiger charge is 2.82. The molecule has 2 fully saturated rings. The quantitative estimate of drug-likeness (QED) is 0.470. The molecule has 5 unspecified atom stereocenters. The number of ether oxygens (including phenoxy) is 1. The molecule has 0 saturated heterocycles. The number of halogens is 6. The number of alkyl halides is 6. The standard InChI is InChI=1S/C20H30F6O3/c1-9(2)17(10(3)4,18(28,19(21,22)23)20(24,25)26)29-16(27)15-8-13-7-14(15)12(6)11(13)5/h9-15,28H,7-8H2,1-6H3. The molecule has 170 valence electrons. The molecule has 29 heavy (non-hydrogen) atoms. The van der Waals surface area contributed by atoms with E-state index in [1.165, 1.54) is 0 Å². The first kappa shape index (κ1) is 24.3. The molecule has 0 aromatic rings. The number of carbonyl (C=O) groups excluding carboxylic acids is 1. The molecule has 0 amide bonds. The first-order valence-electron chi connectivity index (χ1n) is 10.0. The summed E-state index contributed by atoms with van der Waals surface area (Å²) in [5.41, 5.74) is -8.40. The number of rotatable bonds is 5. The maximum Gasteiger partial charge on any atom is 0.430 e. The van der Waals surface area contributed by atoms with Gasteiger partial charge in [0.25, 0.3) is 5.60 Å². The fourth-order valence-electron chi connectivity index (χ4n) is 5.87. The van der Waals surface area contributed by atoms with E-state index in [0.29, 0.717) is 18.8 Å². The molecule has 1 N–H and O–H groups in total. The Morgan fingerprint density at radius 3 is 1.66 bits per heavy atom. The van der Waals surface area contributed by atoms with E-state index in [9.17, 15) is 36.2 Å². The van der Waals surface area contributed by atoms with E-state index < -0.39 is 47.3 Å². The maximum absolute atomic E-state index is 13.7. The molecule has 3 nitrogen and oxygen atoms in total. The van der Waals surface area contributed by atoms with Crippen LogP contribution in [0.1, 0.15) is 54.4 Å². The molecule has 2 saturated carbocycles. The van der Waals surface area contributed by atoms with Crippen LogP contribution in [0.15, 0.2) is 0 Å². The molecular weight excluding hydrogens is 402 g/mol. The lowest BCUT2D eigenvalue weighted by atomic mass is 9.66. The minimum atomic E-state index is -6.09. The van der Waals surface area contributed by atoms with E-state index in [4.69, 9.17) is 4.74 Å².